The van der Waals surface area contributed by atoms with Gasteiger partial charge in [0.05, 0.1) is 11.8 Å². The molecule has 3 atom stereocenters. The molecule has 0 bridgehead atoms. The van der Waals surface area contributed by atoms with Gasteiger partial charge in [0.2, 0.25) is 5.91 Å². The van der Waals surface area contributed by atoms with E-state index in [1.165, 1.54) is 0 Å². The fourth-order valence-corrected chi connectivity index (χ4v) is 6.00. The molecule has 0 aliphatic heterocycles. The van der Waals surface area contributed by atoms with E-state index >= 15 is 0 Å². The number of nitrogens with two attached hydrogens (primary N) is 1. The minimum Gasteiger partial charge on any atom is -0.460 e. The Balaban J connectivity index is 3.98. The van der Waals surface area contributed by atoms with Gasteiger partial charge in [0, 0.05) is 6.26 Å². The number of ether oxygens (including phenoxy) is 1. The summed E-state index contributed by atoms with van der Waals surface area (Å²) in [6, 6.07) is 9.25. The van der Waals surface area contributed by atoms with E-state index in [2.05, 4.69) is 5.43 Å². The first-order valence-corrected chi connectivity index (χ1v) is 13.6. The number of nitrogens with one attached hydrogen (secondary N) is 1. The minimum absolute atomic E-state index is 0.00153. The largest absolute Gasteiger partial charge is 0.460 e. The summed E-state index contributed by atoms with van der Waals surface area (Å²) < 4.78 is 31.2. The Bertz CT molecular complexity index is 949. The van der Waals surface area contributed by atoms with Crippen LogP contribution in [0.3, 0.4) is 0 Å². The molecule has 1 aromatic carbocycles. The van der Waals surface area contributed by atoms with E-state index in [-0.39, 0.29) is 24.7 Å². The summed E-state index contributed by atoms with van der Waals surface area (Å²) in [5.41, 5.74) is 2.06. The number of hydrazine groups is 1. The van der Waals surface area contributed by atoms with Crippen LogP contribution in [0, 0.1) is 23.7 Å². The van der Waals surface area contributed by atoms with Gasteiger partial charge in [-0.3, -0.25) is 15.0 Å². The number of carbonyl (C=O) groups is 2. The summed E-state index contributed by atoms with van der Waals surface area (Å²) in [6.45, 7) is 12.7. The smallest absolute Gasteiger partial charge is 0.312 e. The van der Waals surface area contributed by atoms with Gasteiger partial charge in [0.15, 0.2) is 9.84 Å². The van der Waals surface area contributed by atoms with Crippen LogP contribution in [0.1, 0.15) is 66.9 Å². The lowest BCUT2D eigenvalue weighted by atomic mass is 9.73. The molecule has 0 fully saturated rings. The fraction of sp³-hybridized carbons (Fsp3) is 0.615. The molecule has 0 radical (unpaired) electrons. The predicted molar refractivity (Wildman–Crippen MR) is 137 cm³/mol. The molecule has 7 nitrogen and oxygen atoms in total. The lowest BCUT2D eigenvalue weighted by molar-refractivity contribution is -0.165. The second-order valence-corrected chi connectivity index (χ2v) is 13.1. The number of amides is 1. The van der Waals surface area contributed by atoms with Crippen LogP contribution in [0.4, 0.5) is 0 Å². The van der Waals surface area contributed by atoms with Crippen molar-refractivity contribution in [3.8, 4) is 0 Å². The summed E-state index contributed by atoms with van der Waals surface area (Å²) in [5.74, 6) is 1.80. The first kappa shape index (κ1) is 29.8. The Morgan fingerprint density at radius 1 is 1.06 bits per heavy atom. The molecule has 0 aliphatic carbocycles. The number of rotatable bonds is 11. The van der Waals surface area contributed by atoms with Gasteiger partial charge in [-0.1, -0.05) is 70.2 Å². The maximum atomic E-state index is 13.7. The zero-order valence-corrected chi connectivity index (χ0v) is 22.6. The van der Waals surface area contributed by atoms with E-state index in [9.17, 15) is 18.0 Å². The third-order valence-corrected chi connectivity index (χ3v) is 7.51. The molecule has 0 saturated heterocycles. The van der Waals surface area contributed by atoms with Crippen molar-refractivity contribution in [1.29, 1.82) is 0 Å². The van der Waals surface area contributed by atoms with Crippen molar-refractivity contribution in [2.75, 3.05) is 6.26 Å². The predicted octanol–water partition coefficient (Wildman–Crippen LogP) is 4.14. The average Bonchev–Trinajstić information content (AvgIpc) is 2.68. The minimum atomic E-state index is -3.92. The lowest BCUT2D eigenvalue weighted by Gasteiger charge is -2.41. The van der Waals surface area contributed by atoms with Crippen LogP contribution >= 0.6 is 0 Å². The number of hydrogen-bond acceptors (Lipinski definition) is 6. The zero-order valence-electron chi connectivity index (χ0n) is 21.8. The molecule has 192 valence electrons. The summed E-state index contributed by atoms with van der Waals surface area (Å²) in [6.07, 6.45) is 4.79. The van der Waals surface area contributed by atoms with E-state index in [1.54, 1.807) is 32.9 Å². The molecule has 1 aromatic rings. The Hall–Kier alpha value is -2.19. The average molecular weight is 495 g/mol. The molecule has 8 heteroatoms. The molecule has 0 saturated carbocycles. The van der Waals surface area contributed by atoms with Gasteiger partial charge in [-0.15, -0.1) is 0 Å². The quantitative estimate of drug-likeness (QED) is 0.207. The molecular formula is C26H42N2O5S. The van der Waals surface area contributed by atoms with Crippen molar-refractivity contribution in [3.63, 3.8) is 0 Å². The van der Waals surface area contributed by atoms with Crippen LogP contribution in [0.2, 0.25) is 0 Å². The van der Waals surface area contributed by atoms with Gasteiger partial charge in [0.25, 0.3) is 0 Å². The highest BCUT2D eigenvalue weighted by Crippen LogP contribution is 2.43. The van der Waals surface area contributed by atoms with E-state index < -0.39 is 43.9 Å². The van der Waals surface area contributed by atoms with Gasteiger partial charge in [-0.2, -0.15) is 0 Å². The Kier molecular flexibility index (Phi) is 10.5. The summed E-state index contributed by atoms with van der Waals surface area (Å²) >= 11 is 0. The van der Waals surface area contributed by atoms with Gasteiger partial charge >= 0.3 is 5.97 Å². The van der Waals surface area contributed by atoms with E-state index in [0.717, 1.165) is 11.8 Å². The Morgan fingerprint density at radius 2 is 1.62 bits per heavy atom. The Labute approximate surface area is 205 Å². The third-order valence-electron chi connectivity index (χ3n) is 5.57. The van der Waals surface area contributed by atoms with Crippen LogP contribution in [-0.4, -0.2) is 36.9 Å². The number of carbonyl (C=O) groups excluding carboxylic acids is 2. The molecule has 1 unspecified atom stereocenters. The summed E-state index contributed by atoms with van der Waals surface area (Å²) in [7, 11) is -3.92. The molecule has 0 aliphatic rings. The van der Waals surface area contributed by atoms with E-state index in [1.807, 2.05) is 58.0 Å². The van der Waals surface area contributed by atoms with Crippen molar-refractivity contribution >= 4 is 27.8 Å². The molecule has 0 heterocycles. The maximum Gasteiger partial charge on any atom is 0.312 e. The van der Waals surface area contributed by atoms with Gasteiger partial charge < -0.3 is 4.74 Å². The van der Waals surface area contributed by atoms with Crippen LogP contribution in [-0.2, 0) is 24.2 Å². The topological polar surface area (TPSA) is 116 Å². The monoisotopic (exact) mass is 494 g/mol. The second kappa shape index (κ2) is 12.0. The first-order valence-electron chi connectivity index (χ1n) is 11.7. The van der Waals surface area contributed by atoms with Crippen molar-refractivity contribution in [3.05, 3.63) is 42.0 Å². The Morgan fingerprint density at radius 3 is 2.03 bits per heavy atom. The zero-order chi connectivity index (χ0) is 26.3. The van der Waals surface area contributed by atoms with Crippen LogP contribution in [0.15, 0.2) is 36.4 Å². The third kappa shape index (κ3) is 8.24. The van der Waals surface area contributed by atoms with Gasteiger partial charge in [-0.25, -0.2) is 14.3 Å². The molecule has 34 heavy (non-hydrogen) atoms. The number of esters is 1. The highest BCUT2D eigenvalue weighted by atomic mass is 32.2. The summed E-state index contributed by atoms with van der Waals surface area (Å²) in [5, 5.41) is 0. The fourth-order valence-electron chi connectivity index (χ4n) is 4.32. The van der Waals surface area contributed by atoms with E-state index in [0.29, 0.717) is 0 Å². The van der Waals surface area contributed by atoms with E-state index in [4.69, 9.17) is 10.6 Å². The van der Waals surface area contributed by atoms with Gasteiger partial charge in [-0.05, 0) is 51.0 Å². The number of hydrogen-bond donors (Lipinski definition) is 2. The van der Waals surface area contributed by atoms with Crippen LogP contribution in [0.5, 0.6) is 0 Å². The normalized spacial score (nSPS) is 16.3. The molecule has 1 amide bonds. The highest BCUT2D eigenvalue weighted by Gasteiger charge is 2.55. The molecule has 1 rings (SSSR count). The standard InChI is InChI=1S/C26H42N2O5S/c1-18(2)16-21(23(29)28-27)22(24(30)33-25(5,6)7)26(17-19(3)4,34(8,31)32)15-14-20-12-10-9-11-13-20/h9-15,18-19,21-22H,16-17,27H2,1-8H3,(H,28,29)/b15-14+/t21-,22+,26?/m1/s1. The van der Waals surface area contributed by atoms with Crippen molar-refractivity contribution in [2.45, 2.75) is 71.7 Å². The van der Waals surface area contributed by atoms with Crippen LogP contribution in [0.25, 0.3) is 6.08 Å². The number of benzene rings is 1. The molecular weight excluding hydrogens is 452 g/mol. The molecule has 3 N–H and O–H groups in total. The maximum absolute atomic E-state index is 13.7. The highest BCUT2D eigenvalue weighted by molar-refractivity contribution is 7.92. The summed E-state index contributed by atoms with van der Waals surface area (Å²) in [4.78, 5) is 26.8. The van der Waals surface area contributed by atoms with Crippen molar-refractivity contribution < 1.29 is 22.7 Å². The van der Waals surface area contributed by atoms with Crippen LogP contribution < -0.4 is 11.3 Å². The number of sulfone groups is 1. The van der Waals surface area contributed by atoms with Crippen molar-refractivity contribution in [1.82, 2.24) is 5.43 Å². The first-order chi connectivity index (χ1) is 15.5. The van der Waals surface area contributed by atoms with Crippen molar-refractivity contribution in [2.24, 2.45) is 29.5 Å². The molecule has 0 spiro atoms. The molecule has 0 aromatic heterocycles. The lowest BCUT2D eigenvalue weighted by Crippen LogP contribution is -2.56. The van der Waals surface area contributed by atoms with Gasteiger partial charge in [0.1, 0.15) is 10.3 Å². The second-order valence-electron chi connectivity index (χ2n) is 10.8. The SMILES string of the molecule is CC(C)C[C@@H](C(=O)NN)[C@@H](C(=O)OC(C)(C)C)C(/C=C/c1ccccc1)(CC(C)C)S(C)(=O)=O.